The van der Waals surface area contributed by atoms with Crippen molar-refractivity contribution in [2.45, 2.75) is 19.8 Å². The molecule has 5 nitrogen and oxygen atoms in total. The molecule has 0 atom stereocenters. The monoisotopic (exact) mass is 301 g/mol. The number of hydrogen-bond donors (Lipinski definition) is 0. The summed E-state index contributed by atoms with van der Waals surface area (Å²) in [5.74, 6) is 0.281. The fourth-order valence-corrected chi connectivity index (χ4v) is 3.23. The first-order valence-corrected chi connectivity index (χ1v) is 8.01. The average molecular weight is 301 g/mol. The fourth-order valence-electron chi connectivity index (χ4n) is 3.23. The Hall–Kier alpha value is -1.88. The molecule has 0 spiro atoms. The number of nitrogens with zero attached hydrogens (tertiary/aromatic N) is 3. The summed E-state index contributed by atoms with van der Waals surface area (Å²) < 4.78 is 0. The number of amides is 2. The topological polar surface area (TPSA) is 43.9 Å². The van der Waals surface area contributed by atoms with Crippen LogP contribution in [0, 0.1) is 0 Å². The molecule has 3 rings (SSSR count). The second-order valence-corrected chi connectivity index (χ2v) is 6.08. The van der Waals surface area contributed by atoms with Crippen molar-refractivity contribution in [2.24, 2.45) is 0 Å². The Morgan fingerprint density at radius 3 is 2.55 bits per heavy atom. The molecule has 0 saturated carbocycles. The quantitative estimate of drug-likeness (QED) is 0.829. The van der Waals surface area contributed by atoms with Crippen LogP contribution in [-0.2, 0) is 11.2 Å². The number of rotatable bonds is 2. The van der Waals surface area contributed by atoms with Crippen molar-refractivity contribution in [1.29, 1.82) is 0 Å². The van der Waals surface area contributed by atoms with Crippen molar-refractivity contribution in [2.75, 3.05) is 44.7 Å². The predicted molar refractivity (Wildman–Crippen MR) is 86.2 cm³/mol. The third kappa shape index (κ3) is 2.73. The zero-order valence-electron chi connectivity index (χ0n) is 13.3. The molecule has 2 aliphatic heterocycles. The highest BCUT2D eigenvalue weighted by atomic mass is 16.2. The Kier molecular flexibility index (Phi) is 4.16. The molecule has 0 bridgehead atoms. The molecule has 0 N–H and O–H groups in total. The standard InChI is InChI=1S/C17H23N3O2/c1-3-20-15-6-4-14(12-13(15)5-7-16(20)21)17(22)19-10-8-18(2)9-11-19/h4,6,12H,3,5,7-11H2,1-2H3. The van der Waals surface area contributed by atoms with Crippen LogP contribution in [0.2, 0.25) is 0 Å². The van der Waals surface area contributed by atoms with Crippen LogP contribution in [0.25, 0.3) is 0 Å². The van der Waals surface area contributed by atoms with E-state index in [0.29, 0.717) is 13.0 Å². The molecule has 2 heterocycles. The maximum Gasteiger partial charge on any atom is 0.253 e. The van der Waals surface area contributed by atoms with Crippen molar-refractivity contribution in [3.8, 4) is 0 Å². The van der Waals surface area contributed by atoms with Gasteiger partial charge in [0.05, 0.1) is 0 Å². The van der Waals surface area contributed by atoms with Crippen molar-refractivity contribution in [3.05, 3.63) is 29.3 Å². The summed E-state index contributed by atoms with van der Waals surface area (Å²) in [5.41, 5.74) is 2.82. The van der Waals surface area contributed by atoms with Gasteiger partial charge in [0.15, 0.2) is 0 Å². The minimum atomic E-state index is 0.107. The van der Waals surface area contributed by atoms with E-state index < -0.39 is 0 Å². The first-order chi connectivity index (χ1) is 10.6. The molecule has 0 aliphatic carbocycles. The lowest BCUT2D eigenvalue weighted by Crippen LogP contribution is -2.47. The SMILES string of the molecule is CCN1C(=O)CCc2cc(C(=O)N3CCN(C)CC3)ccc21. The largest absolute Gasteiger partial charge is 0.336 e. The second-order valence-electron chi connectivity index (χ2n) is 6.08. The van der Waals surface area contributed by atoms with E-state index in [4.69, 9.17) is 0 Å². The van der Waals surface area contributed by atoms with E-state index in [0.717, 1.165) is 49.4 Å². The molecule has 22 heavy (non-hydrogen) atoms. The third-order valence-electron chi connectivity index (χ3n) is 4.63. The van der Waals surface area contributed by atoms with Crippen LogP contribution < -0.4 is 4.90 Å². The number of likely N-dealkylation sites (N-methyl/N-ethyl adjacent to an activating group) is 1. The van der Waals surface area contributed by atoms with Crippen LogP contribution in [0.4, 0.5) is 5.69 Å². The third-order valence-corrected chi connectivity index (χ3v) is 4.63. The van der Waals surface area contributed by atoms with E-state index in [1.54, 1.807) is 0 Å². The molecule has 5 heteroatoms. The molecular weight excluding hydrogens is 278 g/mol. The maximum absolute atomic E-state index is 12.6. The first-order valence-electron chi connectivity index (χ1n) is 8.01. The van der Waals surface area contributed by atoms with Crippen LogP contribution in [-0.4, -0.2) is 61.4 Å². The Morgan fingerprint density at radius 1 is 1.14 bits per heavy atom. The smallest absolute Gasteiger partial charge is 0.253 e. The van der Waals surface area contributed by atoms with Gasteiger partial charge in [0.25, 0.3) is 5.91 Å². The second kappa shape index (κ2) is 6.08. The van der Waals surface area contributed by atoms with E-state index in [-0.39, 0.29) is 11.8 Å². The molecule has 1 aromatic rings. The molecule has 2 aliphatic rings. The van der Waals surface area contributed by atoms with Gasteiger partial charge < -0.3 is 14.7 Å². The molecule has 1 aromatic carbocycles. The Bertz CT molecular complexity index is 592. The van der Waals surface area contributed by atoms with Gasteiger partial charge >= 0.3 is 0 Å². The summed E-state index contributed by atoms with van der Waals surface area (Å²) in [6.07, 6.45) is 1.27. The lowest BCUT2D eigenvalue weighted by atomic mass is 9.98. The number of carbonyl (C=O) groups excluding carboxylic acids is 2. The molecule has 0 unspecified atom stereocenters. The lowest BCUT2D eigenvalue weighted by Gasteiger charge is -2.33. The van der Waals surface area contributed by atoms with E-state index >= 15 is 0 Å². The van der Waals surface area contributed by atoms with Gasteiger partial charge in [0.2, 0.25) is 5.91 Å². The maximum atomic E-state index is 12.6. The van der Waals surface area contributed by atoms with Gasteiger partial charge in [-0.3, -0.25) is 9.59 Å². The van der Waals surface area contributed by atoms with Crippen LogP contribution in [0.1, 0.15) is 29.3 Å². The summed E-state index contributed by atoms with van der Waals surface area (Å²) in [4.78, 5) is 30.5. The molecule has 1 saturated heterocycles. The van der Waals surface area contributed by atoms with E-state index in [1.807, 2.05) is 34.9 Å². The lowest BCUT2D eigenvalue weighted by molar-refractivity contribution is -0.118. The number of hydrogen-bond acceptors (Lipinski definition) is 3. The van der Waals surface area contributed by atoms with Gasteiger partial charge in [0.1, 0.15) is 0 Å². The Labute approximate surface area is 131 Å². The molecule has 118 valence electrons. The number of anilines is 1. The Balaban J connectivity index is 1.81. The van der Waals surface area contributed by atoms with E-state index in [2.05, 4.69) is 11.9 Å². The first kappa shape index (κ1) is 15.0. The Morgan fingerprint density at radius 2 is 1.86 bits per heavy atom. The van der Waals surface area contributed by atoms with Crippen molar-refractivity contribution in [1.82, 2.24) is 9.80 Å². The molecule has 2 amide bonds. The van der Waals surface area contributed by atoms with Crippen LogP contribution in [0.15, 0.2) is 18.2 Å². The number of piperazine rings is 1. The molecular formula is C17H23N3O2. The van der Waals surface area contributed by atoms with E-state index in [1.165, 1.54) is 0 Å². The van der Waals surface area contributed by atoms with Gasteiger partial charge in [-0.2, -0.15) is 0 Å². The summed E-state index contributed by atoms with van der Waals surface area (Å²) in [7, 11) is 2.08. The summed E-state index contributed by atoms with van der Waals surface area (Å²) in [6, 6.07) is 5.77. The highest BCUT2D eigenvalue weighted by Crippen LogP contribution is 2.29. The zero-order chi connectivity index (χ0) is 15.7. The summed E-state index contributed by atoms with van der Waals surface area (Å²) in [5, 5.41) is 0. The highest BCUT2D eigenvalue weighted by Gasteiger charge is 2.25. The van der Waals surface area contributed by atoms with E-state index in [9.17, 15) is 9.59 Å². The van der Waals surface area contributed by atoms with Crippen LogP contribution >= 0.6 is 0 Å². The number of benzene rings is 1. The average Bonchev–Trinajstić information content (AvgIpc) is 2.54. The normalized spacial score (nSPS) is 19.3. The van der Waals surface area contributed by atoms with Gasteiger partial charge in [-0.25, -0.2) is 0 Å². The fraction of sp³-hybridized carbons (Fsp3) is 0.529. The van der Waals surface area contributed by atoms with Crippen LogP contribution in [0.5, 0.6) is 0 Å². The van der Waals surface area contributed by atoms with Crippen molar-refractivity contribution in [3.63, 3.8) is 0 Å². The highest BCUT2D eigenvalue weighted by molar-refractivity contribution is 5.99. The van der Waals surface area contributed by atoms with Crippen molar-refractivity contribution < 1.29 is 9.59 Å². The minimum absolute atomic E-state index is 0.107. The van der Waals surface area contributed by atoms with Gasteiger partial charge in [-0.1, -0.05) is 0 Å². The van der Waals surface area contributed by atoms with Gasteiger partial charge in [0, 0.05) is 50.4 Å². The van der Waals surface area contributed by atoms with Crippen molar-refractivity contribution >= 4 is 17.5 Å². The number of carbonyl (C=O) groups is 2. The van der Waals surface area contributed by atoms with Gasteiger partial charge in [-0.15, -0.1) is 0 Å². The summed E-state index contributed by atoms with van der Waals surface area (Å²) >= 11 is 0. The molecule has 1 fully saturated rings. The minimum Gasteiger partial charge on any atom is -0.336 e. The predicted octanol–water partition coefficient (Wildman–Crippen LogP) is 1.37. The number of aryl methyl sites for hydroxylation is 1. The zero-order valence-corrected chi connectivity index (χ0v) is 13.3. The number of fused-ring (bicyclic) bond motifs is 1. The summed E-state index contributed by atoms with van der Waals surface area (Å²) in [6.45, 7) is 6.08. The van der Waals surface area contributed by atoms with Crippen LogP contribution in [0.3, 0.4) is 0 Å². The molecule has 0 aromatic heterocycles. The molecule has 0 radical (unpaired) electrons. The van der Waals surface area contributed by atoms with Gasteiger partial charge in [-0.05, 0) is 44.2 Å².